The van der Waals surface area contributed by atoms with Crippen LogP contribution >= 0.6 is 22.7 Å². The molecule has 1 saturated heterocycles. The van der Waals surface area contributed by atoms with Crippen molar-refractivity contribution >= 4 is 28.6 Å². The first-order chi connectivity index (χ1) is 13.0. The third kappa shape index (κ3) is 2.71. The first-order valence-electron chi connectivity index (χ1n) is 9.47. The number of esters is 1. The number of nitrogens with one attached hydrogen (secondary N) is 1. The Labute approximate surface area is 166 Å². The van der Waals surface area contributed by atoms with Gasteiger partial charge in [-0.05, 0) is 35.7 Å². The van der Waals surface area contributed by atoms with E-state index in [1.54, 1.807) is 12.1 Å². The van der Waals surface area contributed by atoms with Crippen molar-refractivity contribution in [2.24, 2.45) is 11.8 Å². The van der Waals surface area contributed by atoms with Crippen LogP contribution in [0.4, 0.5) is 0 Å². The number of ether oxygens (including phenoxy) is 2. The summed E-state index contributed by atoms with van der Waals surface area (Å²) in [7, 11) is 4.40. The van der Waals surface area contributed by atoms with Crippen molar-refractivity contribution < 1.29 is 24.3 Å². The van der Waals surface area contributed by atoms with Gasteiger partial charge < -0.3 is 19.5 Å². The van der Waals surface area contributed by atoms with E-state index in [-0.39, 0.29) is 6.10 Å². The van der Waals surface area contributed by atoms with Crippen molar-refractivity contribution in [3.8, 4) is 0 Å². The van der Waals surface area contributed by atoms with Gasteiger partial charge in [-0.25, -0.2) is 4.79 Å². The van der Waals surface area contributed by atoms with Crippen LogP contribution in [0.15, 0.2) is 35.0 Å². The fourth-order valence-corrected chi connectivity index (χ4v) is 7.01. The predicted molar refractivity (Wildman–Crippen MR) is 103 cm³/mol. The Morgan fingerprint density at radius 2 is 1.70 bits per heavy atom. The van der Waals surface area contributed by atoms with E-state index >= 15 is 0 Å². The minimum atomic E-state index is -1.72. The molecule has 0 amide bonds. The van der Waals surface area contributed by atoms with E-state index in [0.717, 1.165) is 12.8 Å². The second-order valence-electron chi connectivity index (χ2n) is 8.16. The van der Waals surface area contributed by atoms with Gasteiger partial charge in [-0.15, -0.1) is 22.7 Å². The zero-order valence-electron chi connectivity index (χ0n) is 15.3. The second-order valence-corrected chi connectivity index (χ2v) is 10.1. The maximum atomic E-state index is 13.2. The number of quaternary nitrogens is 1. The largest absolute Gasteiger partial charge is 0.460 e. The molecule has 2 N–H and O–H groups in total. The predicted octanol–water partition coefficient (Wildman–Crippen LogP) is 1.28. The summed E-state index contributed by atoms with van der Waals surface area (Å²) in [6, 6.07) is 7.87. The normalized spacial score (nSPS) is 34.5. The van der Waals surface area contributed by atoms with Gasteiger partial charge in [-0.2, -0.15) is 0 Å². The topological polar surface area (TPSA) is 63.5 Å². The highest BCUT2D eigenvalue weighted by Crippen LogP contribution is 2.54. The molecule has 5 nitrogen and oxygen atoms in total. The summed E-state index contributed by atoms with van der Waals surface area (Å²) < 4.78 is 11.8. The average Bonchev–Trinajstić information content (AvgIpc) is 3.04. The van der Waals surface area contributed by atoms with Gasteiger partial charge >= 0.3 is 5.97 Å². The lowest BCUT2D eigenvalue weighted by molar-refractivity contribution is -0.895. The summed E-state index contributed by atoms with van der Waals surface area (Å²) in [6.45, 7) is 0. The molecule has 0 spiro atoms. The van der Waals surface area contributed by atoms with Crippen molar-refractivity contribution in [3.05, 3.63) is 44.8 Å². The van der Waals surface area contributed by atoms with Crippen LogP contribution in [0.3, 0.4) is 0 Å². The van der Waals surface area contributed by atoms with Crippen LogP contribution in [0, 0.1) is 11.8 Å². The fraction of sp³-hybridized carbons (Fsp3) is 0.550. The van der Waals surface area contributed by atoms with E-state index in [4.69, 9.17) is 9.47 Å². The molecule has 3 fully saturated rings. The summed E-state index contributed by atoms with van der Waals surface area (Å²) >= 11 is 2.75. The van der Waals surface area contributed by atoms with E-state index in [0.29, 0.717) is 39.8 Å². The zero-order chi connectivity index (χ0) is 18.8. The van der Waals surface area contributed by atoms with Crippen molar-refractivity contribution in [1.82, 2.24) is 0 Å². The van der Waals surface area contributed by atoms with Gasteiger partial charge in [0.2, 0.25) is 5.60 Å². The molecule has 2 aromatic rings. The Morgan fingerprint density at radius 3 is 2.15 bits per heavy atom. The molecular weight excluding hydrogens is 382 g/mol. The number of carbonyl (C=O) groups excluding carboxylic acids is 1. The molecule has 5 rings (SSSR count). The van der Waals surface area contributed by atoms with Crippen molar-refractivity contribution in [2.75, 3.05) is 14.1 Å². The highest BCUT2D eigenvalue weighted by atomic mass is 32.1. The summed E-state index contributed by atoms with van der Waals surface area (Å²) in [5.74, 6) is 0.322. The number of carbonyl (C=O) groups is 1. The van der Waals surface area contributed by atoms with Gasteiger partial charge in [0.25, 0.3) is 0 Å². The van der Waals surface area contributed by atoms with E-state index in [9.17, 15) is 9.90 Å². The molecule has 2 aromatic heterocycles. The Kier molecular flexibility index (Phi) is 4.22. The van der Waals surface area contributed by atoms with Gasteiger partial charge in [0.1, 0.15) is 6.10 Å². The Hall–Kier alpha value is -1.25. The SMILES string of the molecule is C[NH+](C)C1C2CC(OC(=O)C(O)(c3cccs3)c3cccs3)CC1C1OC21. The summed E-state index contributed by atoms with van der Waals surface area (Å²) in [6.07, 6.45) is 2.18. The summed E-state index contributed by atoms with van der Waals surface area (Å²) in [5.41, 5.74) is -1.72. The molecule has 3 heterocycles. The van der Waals surface area contributed by atoms with Crippen LogP contribution < -0.4 is 4.90 Å². The minimum absolute atomic E-state index is 0.147. The number of hydrogen-bond donors (Lipinski definition) is 2. The quantitative estimate of drug-likeness (QED) is 0.580. The smallest absolute Gasteiger partial charge is 0.349 e. The van der Waals surface area contributed by atoms with Crippen LogP contribution in [-0.4, -0.2) is 49.5 Å². The Bertz CT molecular complexity index is 767. The lowest BCUT2D eigenvalue weighted by atomic mass is 9.80. The molecule has 2 aliphatic carbocycles. The molecule has 0 radical (unpaired) electrons. The highest BCUT2D eigenvalue weighted by Gasteiger charge is 2.67. The van der Waals surface area contributed by atoms with Crippen molar-refractivity contribution in [1.29, 1.82) is 0 Å². The zero-order valence-corrected chi connectivity index (χ0v) is 17.0. The molecule has 0 aromatic carbocycles. The van der Waals surface area contributed by atoms with Gasteiger partial charge in [0.05, 0.1) is 42.1 Å². The first-order valence-corrected chi connectivity index (χ1v) is 11.2. The van der Waals surface area contributed by atoms with Crippen LogP contribution in [0.5, 0.6) is 0 Å². The highest BCUT2D eigenvalue weighted by molar-refractivity contribution is 7.12. The lowest BCUT2D eigenvalue weighted by Crippen LogP contribution is -3.12. The minimum Gasteiger partial charge on any atom is -0.460 e. The molecule has 4 atom stereocenters. The number of fused-ring (bicyclic) bond motifs is 5. The maximum absolute atomic E-state index is 13.2. The van der Waals surface area contributed by atoms with Crippen LogP contribution in [0.1, 0.15) is 22.6 Å². The molecule has 4 unspecified atom stereocenters. The average molecular weight is 407 g/mol. The molecular formula is C20H24NO4S2+. The standard InChI is InChI=1S/C20H23NO4S2/c1-21(2)16-12-9-11(10-13(16)18-17(12)25-18)24-19(22)20(23,14-5-3-7-26-14)15-6-4-8-27-15/h3-8,11-13,16-18,23H,9-10H2,1-2H3/p+1. The van der Waals surface area contributed by atoms with E-state index < -0.39 is 11.6 Å². The number of aliphatic hydroxyl groups is 1. The number of rotatable bonds is 5. The number of hydrogen-bond acceptors (Lipinski definition) is 6. The Balaban J connectivity index is 1.37. The number of thiophene rings is 2. The van der Waals surface area contributed by atoms with Crippen LogP contribution in [-0.2, 0) is 19.9 Å². The van der Waals surface area contributed by atoms with Gasteiger partial charge in [-0.1, -0.05) is 12.1 Å². The van der Waals surface area contributed by atoms with Gasteiger partial charge in [0, 0.05) is 11.8 Å². The Morgan fingerprint density at radius 1 is 1.15 bits per heavy atom. The molecule has 27 heavy (non-hydrogen) atoms. The van der Waals surface area contributed by atoms with Crippen LogP contribution in [0.2, 0.25) is 0 Å². The third-order valence-electron chi connectivity index (χ3n) is 6.39. The van der Waals surface area contributed by atoms with Gasteiger partial charge in [0.15, 0.2) is 0 Å². The summed E-state index contributed by atoms with van der Waals surface area (Å²) in [5, 5.41) is 15.1. The second kappa shape index (κ2) is 6.39. The lowest BCUT2D eigenvalue weighted by Gasteiger charge is -2.38. The first kappa shape index (κ1) is 17.8. The monoisotopic (exact) mass is 406 g/mol. The van der Waals surface area contributed by atoms with Crippen molar-refractivity contribution in [3.63, 3.8) is 0 Å². The molecule has 7 heteroatoms. The maximum Gasteiger partial charge on any atom is 0.349 e. The summed E-state index contributed by atoms with van der Waals surface area (Å²) in [4.78, 5) is 15.8. The number of epoxide rings is 1. The fourth-order valence-electron chi connectivity index (χ4n) is 5.30. The van der Waals surface area contributed by atoms with Gasteiger partial charge in [-0.3, -0.25) is 0 Å². The molecule has 3 aliphatic rings. The molecule has 2 saturated carbocycles. The van der Waals surface area contributed by atoms with E-state index in [1.807, 2.05) is 22.9 Å². The molecule has 144 valence electrons. The third-order valence-corrected chi connectivity index (χ3v) is 8.35. The molecule has 2 bridgehead atoms. The van der Waals surface area contributed by atoms with Crippen LogP contribution in [0.25, 0.3) is 0 Å². The molecule has 1 aliphatic heterocycles. The van der Waals surface area contributed by atoms with Crippen molar-refractivity contribution in [2.45, 2.75) is 42.8 Å². The van der Waals surface area contributed by atoms with E-state index in [2.05, 4.69) is 14.1 Å². The van der Waals surface area contributed by atoms with E-state index in [1.165, 1.54) is 27.6 Å².